The summed E-state index contributed by atoms with van der Waals surface area (Å²) < 4.78 is 32.8. The number of H-pyrrole nitrogens is 1. The highest BCUT2D eigenvalue weighted by Gasteiger charge is 2.31. The molecule has 2 fully saturated rings. The lowest BCUT2D eigenvalue weighted by molar-refractivity contribution is 0.0922. The molecule has 6 rings (SSSR count). The maximum atomic E-state index is 13.9. The van der Waals surface area contributed by atoms with Crippen LogP contribution in [0.5, 0.6) is 5.75 Å². The molecule has 7 heteroatoms. The average molecular weight is 476 g/mol. The number of hydrogen-bond donors (Lipinski definition) is 1. The highest BCUT2D eigenvalue weighted by Crippen LogP contribution is 2.39. The van der Waals surface area contributed by atoms with Gasteiger partial charge in [-0.25, -0.2) is 13.8 Å². The second-order valence-electron chi connectivity index (χ2n) is 9.86. The number of nitrogens with one attached hydrogen (secondary N) is 1. The van der Waals surface area contributed by atoms with E-state index in [0.717, 1.165) is 67.8 Å². The van der Waals surface area contributed by atoms with Crippen molar-refractivity contribution in [2.45, 2.75) is 44.1 Å². The van der Waals surface area contributed by atoms with Crippen LogP contribution in [0, 0.1) is 24.0 Å². The Hall–Kier alpha value is -3.06. The van der Waals surface area contributed by atoms with Crippen LogP contribution in [0.25, 0.3) is 21.9 Å². The molecule has 4 aromatic rings. The van der Waals surface area contributed by atoms with Crippen molar-refractivity contribution in [2.24, 2.45) is 5.92 Å². The molecule has 0 spiro atoms. The van der Waals surface area contributed by atoms with Crippen LogP contribution in [0.1, 0.15) is 43.6 Å². The van der Waals surface area contributed by atoms with Crippen LogP contribution in [0.2, 0.25) is 0 Å². The number of hydrogen-bond acceptors (Lipinski definition) is 4. The number of piperidine rings is 1. The normalized spacial score (nSPS) is 23.7. The Balaban J connectivity index is 1.10. The number of halogens is 2. The summed E-state index contributed by atoms with van der Waals surface area (Å²) in [6, 6.07) is 8.22. The van der Waals surface area contributed by atoms with Crippen LogP contribution in [-0.2, 0) is 0 Å². The lowest BCUT2D eigenvalue weighted by Gasteiger charge is -2.41. The molecule has 1 saturated heterocycles. The number of pyridine rings is 2. The van der Waals surface area contributed by atoms with Crippen LogP contribution in [0.4, 0.5) is 8.78 Å². The molecule has 0 amide bonds. The van der Waals surface area contributed by atoms with Gasteiger partial charge < -0.3 is 9.72 Å². The van der Waals surface area contributed by atoms with Crippen molar-refractivity contribution in [3.63, 3.8) is 0 Å². The molecule has 1 aromatic carbocycles. The zero-order chi connectivity index (χ0) is 23.8. The van der Waals surface area contributed by atoms with Crippen molar-refractivity contribution in [2.75, 3.05) is 19.7 Å². The molecule has 1 radical (unpaired) electrons. The van der Waals surface area contributed by atoms with Gasteiger partial charge in [0, 0.05) is 47.7 Å². The van der Waals surface area contributed by atoms with Crippen molar-refractivity contribution in [3.05, 3.63) is 72.5 Å². The summed E-state index contributed by atoms with van der Waals surface area (Å²) in [5.41, 5.74) is 3.22. The minimum atomic E-state index is -0.638. The number of benzene rings is 1. The van der Waals surface area contributed by atoms with Gasteiger partial charge in [0.15, 0.2) is 11.6 Å². The van der Waals surface area contributed by atoms with Gasteiger partial charge in [0.1, 0.15) is 11.5 Å². The Morgan fingerprint density at radius 2 is 2.03 bits per heavy atom. The Morgan fingerprint density at radius 1 is 1.09 bits per heavy atom. The molecule has 1 aliphatic heterocycles. The van der Waals surface area contributed by atoms with Gasteiger partial charge in [0.05, 0.1) is 18.3 Å². The van der Waals surface area contributed by atoms with Gasteiger partial charge in [-0.1, -0.05) is 0 Å². The SMILES string of the molecule is Fc1ccc(OCC2CCCN(C3[CH]CC(c4ccnc5cnc6[nH]ccc6c45)CC3)C2)c(F)c1. The van der Waals surface area contributed by atoms with Gasteiger partial charge in [-0.05, 0) is 80.8 Å². The highest BCUT2D eigenvalue weighted by atomic mass is 19.1. The number of aromatic nitrogens is 3. The monoisotopic (exact) mass is 475 g/mol. The smallest absolute Gasteiger partial charge is 0.167 e. The van der Waals surface area contributed by atoms with E-state index in [0.29, 0.717) is 24.5 Å². The fraction of sp³-hybridized carbons (Fsp3) is 0.393. The quantitative estimate of drug-likeness (QED) is 0.383. The molecule has 181 valence electrons. The molecule has 4 heterocycles. The molecular weight excluding hydrogens is 446 g/mol. The number of fused-ring (bicyclic) bond motifs is 3. The Bertz CT molecular complexity index is 1330. The van der Waals surface area contributed by atoms with E-state index in [4.69, 9.17) is 4.74 Å². The van der Waals surface area contributed by atoms with Crippen LogP contribution in [-0.4, -0.2) is 45.6 Å². The zero-order valence-corrected chi connectivity index (χ0v) is 19.6. The maximum Gasteiger partial charge on any atom is 0.167 e. The molecule has 1 saturated carbocycles. The molecule has 3 atom stereocenters. The molecule has 2 aliphatic rings. The second kappa shape index (κ2) is 9.53. The van der Waals surface area contributed by atoms with Crippen LogP contribution < -0.4 is 4.74 Å². The number of nitrogens with zero attached hydrogens (tertiary/aromatic N) is 3. The number of ether oxygens (including phenoxy) is 1. The Morgan fingerprint density at radius 3 is 2.89 bits per heavy atom. The molecule has 1 aliphatic carbocycles. The van der Waals surface area contributed by atoms with Gasteiger partial charge in [-0.3, -0.25) is 9.88 Å². The van der Waals surface area contributed by atoms with E-state index < -0.39 is 11.6 Å². The van der Waals surface area contributed by atoms with Crippen LogP contribution in [0.3, 0.4) is 0 Å². The first-order valence-electron chi connectivity index (χ1n) is 12.5. The summed E-state index contributed by atoms with van der Waals surface area (Å²) in [5, 5.41) is 2.36. The van der Waals surface area contributed by atoms with E-state index >= 15 is 0 Å². The van der Waals surface area contributed by atoms with Crippen molar-refractivity contribution in [3.8, 4) is 5.75 Å². The minimum absolute atomic E-state index is 0.131. The van der Waals surface area contributed by atoms with Crippen molar-refractivity contribution >= 4 is 21.9 Å². The molecule has 1 N–H and O–H groups in total. The fourth-order valence-corrected chi connectivity index (χ4v) is 5.90. The van der Waals surface area contributed by atoms with Crippen molar-refractivity contribution < 1.29 is 13.5 Å². The average Bonchev–Trinajstić information content (AvgIpc) is 3.37. The molecule has 35 heavy (non-hydrogen) atoms. The third-order valence-electron chi connectivity index (χ3n) is 7.65. The molecule has 3 unspecified atom stereocenters. The van der Waals surface area contributed by atoms with E-state index in [1.807, 2.05) is 18.6 Å². The van der Waals surface area contributed by atoms with Crippen LogP contribution >= 0.6 is 0 Å². The highest BCUT2D eigenvalue weighted by molar-refractivity contribution is 6.05. The lowest BCUT2D eigenvalue weighted by Crippen LogP contribution is -2.45. The molecule has 0 bridgehead atoms. The van der Waals surface area contributed by atoms with E-state index in [-0.39, 0.29) is 5.75 Å². The zero-order valence-electron chi connectivity index (χ0n) is 19.6. The minimum Gasteiger partial charge on any atom is -0.490 e. The maximum absolute atomic E-state index is 13.9. The fourth-order valence-electron chi connectivity index (χ4n) is 5.90. The molecule has 3 aromatic heterocycles. The predicted molar refractivity (Wildman–Crippen MR) is 132 cm³/mol. The van der Waals surface area contributed by atoms with Crippen molar-refractivity contribution in [1.82, 2.24) is 19.9 Å². The molecular formula is C28H29F2N4O. The van der Waals surface area contributed by atoms with Gasteiger partial charge in [-0.15, -0.1) is 0 Å². The first-order valence-corrected chi connectivity index (χ1v) is 12.5. The summed E-state index contributed by atoms with van der Waals surface area (Å²) in [5.74, 6) is -0.271. The van der Waals surface area contributed by atoms with Gasteiger partial charge in [-0.2, -0.15) is 0 Å². The predicted octanol–water partition coefficient (Wildman–Crippen LogP) is 6.02. The van der Waals surface area contributed by atoms with E-state index in [1.165, 1.54) is 23.1 Å². The Labute approximate surface area is 203 Å². The van der Waals surface area contributed by atoms with E-state index in [1.54, 1.807) is 0 Å². The largest absolute Gasteiger partial charge is 0.490 e. The third kappa shape index (κ3) is 4.49. The van der Waals surface area contributed by atoms with Crippen LogP contribution in [0.15, 0.2) is 48.9 Å². The summed E-state index contributed by atoms with van der Waals surface area (Å²) in [6.45, 7) is 2.49. The lowest BCUT2D eigenvalue weighted by atomic mass is 9.79. The van der Waals surface area contributed by atoms with Gasteiger partial charge in [0.2, 0.25) is 0 Å². The number of rotatable bonds is 5. The third-order valence-corrected chi connectivity index (χ3v) is 7.65. The number of aromatic amines is 1. The van der Waals surface area contributed by atoms with E-state index in [2.05, 4.69) is 38.4 Å². The van der Waals surface area contributed by atoms with Crippen molar-refractivity contribution in [1.29, 1.82) is 0 Å². The topological polar surface area (TPSA) is 54.0 Å². The first-order chi connectivity index (χ1) is 17.2. The summed E-state index contributed by atoms with van der Waals surface area (Å²) in [7, 11) is 0. The molecule has 5 nitrogen and oxygen atoms in total. The first kappa shape index (κ1) is 22.4. The van der Waals surface area contributed by atoms with Gasteiger partial charge in [0.25, 0.3) is 0 Å². The standard InChI is InChI=1S/C28H29F2N4O/c29-20-5-8-26(24(30)14-20)35-17-18-2-1-13-34(16-18)21-6-3-19(4-7-21)22-9-11-31-25-15-33-28-23(27(22)25)10-12-32-28/h5-6,8-12,14-15,18-19,21H,1-4,7,13,16-17H2,(H,32,33). The second-order valence-corrected chi connectivity index (χ2v) is 9.86. The summed E-state index contributed by atoms with van der Waals surface area (Å²) in [6.07, 6.45) is 13.7. The van der Waals surface area contributed by atoms with E-state index in [9.17, 15) is 8.78 Å². The summed E-state index contributed by atoms with van der Waals surface area (Å²) in [4.78, 5) is 14.8. The number of likely N-dealkylation sites (tertiary alicyclic amines) is 1. The Kier molecular flexibility index (Phi) is 6.10. The van der Waals surface area contributed by atoms with Gasteiger partial charge >= 0.3 is 0 Å². The summed E-state index contributed by atoms with van der Waals surface area (Å²) >= 11 is 0.